The number of hydrogen-bond acceptors (Lipinski definition) is 2. The molecule has 1 aromatic rings. The number of carboxylic acid groups (broad SMARTS) is 1. The van der Waals surface area contributed by atoms with Crippen LogP contribution >= 0.6 is 0 Å². The second kappa shape index (κ2) is 5.67. The van der Waals surface area contributed by atoms with Crippen LogP contribution in [0.4, 0.5) is 5.69 Å². The van der Waals surface area contributed by atoms with Crippen LogP contribution in [-0.2, 0) is 4.79 Å². The van der Waals surface area contributed by atoms with Crippen LogP contribution in [-0.4, -0.2) is 17.0 Å². The van der Waals surface area contributed by atoms with E-state index in [4.69, 9.17) is 5.11 Å². The smallest absolute Gasteiger partial charge is 0.335 e. The Kier molecular flexibility index (Phi) is 3.97. The summed E-state index contributed by atoms with van der Waals surface area (Å²) in [5.74, 6) is -0.895. The molecule has 0 unspecified atom stereocenters. The highest BCUT2D eigenvalue weighted by atomic mass is 16.4. The number of anilines is 1. The summed E-state index contributed by atoms with van der Waals surface area (Å²) < 4.78 is 0. The Bertz CT molecular complexity index is 450. The zero-order valence-electron chi connectivity index (χ0n) is 10.2. The lowest BCUT2D eigenvalue weighted by atomic mass is 9.88. The first-order valence-corrected chi connectivity index (χ1v) is 6.31. The van der Waals surface area contributed by atoms with Crippen molar-refractivity contribution in [3.05, 3.63) is 29.8 Å². The van der Waals surface area contributed by atoms with Crippen LogP contribution in [0.15, 0.2) is 24.3 Å². The van der Waals surface area contributed by atoms with Gasteiger partial charge in [-0.15, -0.1) is 0 Å². The molecule has 0 aromatic heterocycles. The summed E-state index contributed by atoms with van der Waals surface area (Å²) >= 11 is 0. The number of rotatable bonds is 3. The van der Waals surface area contributed by atoms with E-state index in [1.807, 2.05) is 0 Å². The predicted octanol–water partition coefficient (Wildman–Crippen LogP) is 2.90. The Labute approximate surface area is 106 Å². The van der Waals surface area contributed by atoms with Crippen LogP contribution in [0, 0.1) is 5.92 Å². The molecule has 2 N–H and O–H groups in total. The van der Waals surface area contributed by atoms with Gasteiger partial charge in [-0.05, 0) is 31.0 Å². The topological polar surface area (TPSA) is 66.4 Å². The summed E-state index contributed by atoms with van der Waals surface area (Å²) in [6.45, 7) is 0. The van der Waals surface area contributed by atoms with Crippen molar-refractivity contribution in [3.63, 3.8) is 0 Å². The van der Waals surface area contributed by atoms with E-state index < -0.39 is 5.97 Å². The van der Waals surface area contributed by atoms with Crippen molar-refractivity contribution >= 4 is 17.6 Å². The second-order valence-electron chi connectivity index (χ2n) is 4.71. The van der Waals surface area contributed by atoms with E-state index in [0.717, 1.165) is 25.7 Å². The molecule has 1 aromatic carbocycles. The van der Waals surface area contributed by atoms with Crippen LogP contribution in [0.2, 0.25) is 0 Å². The number of carbonyl (C=O) groups is 2. The quantitative estimate of drug-likeness (QED) is 0.863. The Morgan fingerprint density at radius 2 is 1.89 bits per heavy atom. The minimum Gasteiger partial charge on any atom is -0.478 e. The highest BCUT2D eigenvalue weighted by Crippen LogP contribution is 2.25. The lowest BCUT2D eigenvalue weighted by Gasteiger charge is -2.20. The van der Waals surface area contributed by atoms with E-state index in [2.05, 4.69) is 5.32 Å². The SMILES string of the molecule is O=C(O)c1cccc(NC(=O)C2CCCCC2)c1. The van der Waals surface area contributed by atoms with Gasteiger partial charge in [0, 0.05) is 11.6 Å². The fourth-order valence-electron chi connectivity index (χ4n) is 2.34. The molecule has 0 bridgehead atoms. The molecule has 0 heterocycles. The first-order chi connectivity index (χ1) is 8.66. The number of nitrogens with one attached hydrogen (secondary N) is 1. The van der Waals surface area contributed by atoms with Crippen molar-refractivity contribution in [1.82, 2.24) is 0 Å². The molecule has 1 aliphatic carbocycles. The Hall–Kier alpha value is -1.84. The van der Waals surface area contributed by atoms with Crippen molar-refractivity contribution < 1.29 is 14.7 Å². The number of aromatic carboxylic acids is 1. The summed E-state index contributed by atoms with van der Waals surface area (Å²) in [4.78, 5) is 22.8. The van der Waals surface area contributed by atoms with Crippen LogP contribution in [0.1, 0.15) is 42.5 Å². The first-order valence-electron chi connectivity index (χ1n) is 6.31. The van der Waals surface area contributed by atoms with Gasteiger partial charge in [0.15, 0.2) is 0 Å². The third-order valence-corrected chi connectivity index (χ3v) is 3.35. The third kappa shape index (κ3) is 3.09. The van der Waals surface area contributed by atoms with Gasteiger partial charge in [-0.25, -0.2) is 4.79 Å². The zero-order chi connectivity index (χ0) is 13.0. The molecule has 0 spiro atoms. The van der Waals surface area contributed by atoms with Crippen LogP contribution in [0.5, 0.6) is 0 Å². The van der Waals surface area contributed by atoms with Gasteiger partial charge in [0.2, 0.25) is 5.91 Å². The average molecular weight is 247 g/mol. The highest BCUT2D eigenvalue weighted by Gasteiger charge is 2.21. The van der Waals surface area contributed by atoms with E-state index in [-0.39, 0.29) is 17.4 Å². The lowest BCUT2D eigenvalue weighted by Crippen LogP contribution is -2.24. The number of carbonyl (C=O) groups excluding carboxylic acids is 1. The third-order valence-electron chi connectivity index (χ3n) is 3.35. The predicted molar refractivity (Wildman–Crippen MR) is 68.6 cm³/mol. The summed E-state index contributed by atoms with van der Waals surface area (Å²) in [6, 6.07) is 6.36. The maximum atomic E-state index is 12.0. The number of benzene rings is 1. The standard InChI is InChI=1S/C14H17NO3/c16-13(10-5-2-1-3-6-10)15-12-8-4-7-11(9-12)14(17)18/h4,7-10H,1-3,5-6H2,(H,15,16)(H,17,18). The summed E-state index contributed by atoms with van der Waals surface area (Å²) in [5, 5.41) is 11.7. The number of hydrogen-bond donors (Lipinski definition) is 2. The Morgan fingerprint density at radius 1 is 1.17 bits per heavy atom. The van der Waals surface area contributed by atoms with Gasteiger partial charge >= 0.3 is 5.97 Å². The molecule has 0 aliphatic heterocycles. The van der Waals surface area contributed by atoms with Gasteiger partial charge in [-0.3, -0.25) is 4.79 Å². The van der Waals surface area contributed by atoms with E-state index >= 15 is 0 Å². The molecule has 4 heteroatoms. The van der Waals surface area contributed by atoms with Gasteiger partial charge in [0.25, 0.3) is 0 Å². The van der Waals surface area contributed by atoms with Crippen molar-refractivity contribution in [2.24, 2.45) is 5.92 Å². The molecule has 96 valence electrons. The average Bonchev–Trinajstić information content (AvgIpc) is 2.40. The molecule has 4 nitrogen and oxygen atoms in total. The molecule has 1 amide bonds. The van der Waals surface area contributed by atoms with Crippen LogP contribution < -0.4 is 5.32 Å². The minimum absolute atomic E-state index is 0.0113. The maximum absolute atomic E-state index is 12.0. The Morgan fingerprint density at radius 3 is 2.56 bits per heavy atom. The zero-order valence-corrected chi connectivity index (χ0v) is 10.2. The fourth-order valence-corrected chi connectivity index (χ4v) is 2.34. The number of carboxylic acids is 1. The molecule has 0 saturated heterocycles. The number of amides is 1. The van der Waals surface area contributed by atoms with Crippen LogP contribution in [0.25, 0.3) is 0 Å². The van der Waals surface area contributed by atoms with Gasteiger partial charge in [-0.1, -0.05) is 25.3 Å². The first kappa shape index (κ1) is 12.6. The molecule has 1 saturated carbocycles. The molecule has 0 atom stereocenters. The molecular weight excluding hydrogens is 230 g/mol. The fraction of sp³-hybridized carbons (Fsp3) is 0.429. The monoisotopic (exact) mass is 247 g/mol. The van der Waals surface area contributed by atoms with Crippen molar-refractivity contribution in [2.45, 2.75) is 32.1 Å². The summed E-state index contributed by atoms with van der Waals surface area (Å²) in [5.41, 5.74) is 0.752. The van der Waals surface area contributed by atoms with E-state index in [9.17, 15) is 9.59 Å². The van der Waals surface area contributed by atoms with Crippen LogP contribution in [0.3, 0.4) is 0 Å². The van der Waals surface area contributed by atoms with Gasteiger partial charge < -0.3 is 10.4 Å². The molecule has 1 aliphatic rings. The van der Waals surface area contributed by atoms with Gasteiger partial charge in [-0.2, -0.15) is 0 Å². The van der Waals surface area contributed by atoms with Gasteiger partial charge in [0.1, 0.15) is 0 Å². The highest BCUT2D eigenvalue weighted by molar-refractivity contribution is 5.95. The van der Waals surface area contributed by atoms with Crippen molar-refractivity contribution in [2.75, 3.05) is 5.32 Å². The normalized spacial score (nSPS) is 16.2. The molecule has 0 radical (unpaired) electrons. The second-order valence-corrected chi connectivity index (χ2v) is 4.71. The molecule has 2 rings (SSSR count). The Balaban J connectivity index is 2.02. The molecule has 1 fully saturated rings. The lowest BCUT2D eigenvalue weighted by molar-refractivity contribution is -0.120. The summed E-state index contributed by atoms with van der Waals surface area (Å²) in [6.07, 6.45) is 5.29. The van der Waals surface area contributed by atoms with Crippen molar-refractivity contribution in [1.29, 1.82) is 0 Å². The van der Waals surface area contributed by atoms with E-state index in [0.29, 0.717) is 5.69 Å². The van der Waals surface area contributed by atoms with Crippen molar-refractivity contribution in [3.8, 4) is 0 Å². The molecular formula is C14H17NO3. The summed E-state index contributed by atoms with van der Waals surface area (Å²) in [7, 11) is 0. The maximum Gasteiger partial charge on any atom is 0.335 e. The van der Waals surface area contributed by atoms with Gasteiger partial charge in [0.05, 0.1) is 5.56 Å². The minimum atomic E-state index is -0.983. The largest absolute Gasteiger partial charge is 0.478 e. The molecule has 18 heavy (non-hydrogen) atoms. The van der Waals surface area contributed by atoms with E-state index in [1.165, 1.54) is 18.6 Å². The van der Waals surface area contributed by atoms with E-state index in [1.54, 1.807) is 12.1 Å².